The molecule has 0 saturated carbocycles. The van der Waals surface area contributed by atoms with Crippen molar-refractivity contribution in [3.05, 3.63) is 70.5 Å². The van der Waals surface area contributed by atoms with E-state index in [-0.39, 0.29) is 30.2 Å². The van der Waals surface area contributed by atoms with Crippen molar-refractivity contribution in [2.24, 2.45) is 0 Å². The second-order valence-electron chi connectivity index (χ2n) is 7.19. The van der Waals surface area contributed by atoms with Crippen LogP contribution in [0.1, 0.15) is 39.1 Å². The fourth-order valence-corrected chi connectivity index (χ4v) is 3.90. The molecular formula is C21H24ClFN4O2. The Bertz CT molecular complexity index is 1030. The average Bonchev–Trinajstić information content (AvgIpc) is 3.23. The van der Waals surface area contributed by atoms with Gasteiger partial charge < -0.3 is 14.7 Å². The van der Waals surface area contributed by atoms with Crippen molar-refractivity contribution < 1.29 is 13.7 Å². The lowest BCUT2D eigenvalue weighted by atomic mass is 10.0. The van der Waals surface area contributed by atoms with Crippen LogP contribution in [0.25, 0.3) is 5.82 Å². The monoisotopic (exact) mass is 418 g/mol. The molecule has 3 heterocycles. The van der Waals surface area contributed by atoms with Crippen molar-refractivity contribution >= 4 is 18.3 Å². The number of carbonyl (C=O) groups is 1. The van der Waals surface area contributed by atoms with Gasteiger partial charge in [0, 0.05) is 37.1 Å². The highest BCUT2D eigenvalue weighted by molar-refractivity contribution is 5.96. The summed E-state index contributed by atoms with van der Waals surface area (Å²) in [6.45, 7) is 7.54. The molecular weight excluding hydrogens is 395 g/mol. The SMILES string of the molecule is Cc1cc(-n2c(C)cc(C(=O)N3CCNCC3c3cccc(F)c3)c2C)no1.Cl. The Morgan fingerprint density at radius 1 is 1.24 bits per heavy atom. The van der Waals surface area contributed by atoms with E-state index in [1.165, 1.54) is 12.1 Å². The number of rotatable bonds is 3. The highest BCUT2D eigenvalue weighted by Gasteiger charge is 2.31. The number of carbonyl (C=O) groups excluding carboxylic acids is 1. The van der Waals surface area contributed by atoms with Crippen molar-refractivity contribution in [2.75, 3.05) is 19.6 Å². The summed E-state index contributed by atoms with van der Waals surface area (Å²) in [5, 5.41) is 7.38. The second-order valence-corrected chi connectivity index (χ2v) is 7.19. The largest absolute Gasteiger partial charge is 0.360 e. The van der Waals surface area contributed by atoms with Gasteiger partial charge in [-0.3, -0.25) is 9.36 Å². The van der Waals surface area contributed by atoms with Gasteiger partial charge in [-0.25, -0.2) is 4.39 Å². The lowest BCUT2D eigenvalue weighted by molar-refractivity contribution is 0.0633. The molecule has 1 unspecified atom stereocenters. The van der Waals surface area contributed by atoms with Crippen molar-refractivity contribution in [3.8, 4) is 5.82 Å². The fourth-order valence-electron chi connectivity index (χ4n) is 3.90. The first-order valence-corrected chi connectivity index (χ1v) is 9.35. The normalized spacial score (nSPS) is 16.6. The number of hydrogen-bond acceptors (Lipinski definition) is 4. The zero-order chi connectivity index (χ0) is 19.8. The Labute approximate surface area is 175 Å². The summed E-state index contributed by atoms with van der Waals surface area (Å²) in [4.78, 5) is 15.3. The number of halogens is 2. The van der Waals surface area contributed by atoms with Gasteiger partial charge in [0.05, 0.1) is 11.6 Å². The predicted molar refractivity (Wildman–Crippen MR) is 110 cm³/mol. The van der Waals surface area contributed by atoms with Crippen LogP contribution in [-0.2, 0) is 0 Å². The second kappa shape index (κ2) is 8.39. The first-order chi connectivity index (χ1) is 13.5. The maximum absolute atomic E-state index is 13.7. The molecule has 1 aromatic carbocycles. The number of hydrogen-bond donors (Lipinski definition) is 1. The zero-order valence-electron chi connectivity index (χ0n) is 16.6. The molecule has 1 aliphatic rings. The van der Waals surface area contributed by atoms with E-state index >= 15 is 0 Å². The Kier molecular flexibility index (Phi) is 6.10. The Morgan fingerprint density at radius 3 is 2.72 bits per heavy atom. The molecule has 0 radical (unpaired) electrons. The molecule has 0 aliphatic carbocycles. The lowest BCUT2D eigenvalue weighted by Gasteiger charge is -2.36. The molecule has 29 heavy (non-hydrogen) atoms. The smallest absolute Gasteiger partial charge is 0.256 e. The summed E-state index contributed by atoms with van der Waals surface area (Å²) in [7, 11) is 0. The third-order valence-corrected chi connectivity index (χ3v) is 5.24. The van der Waals surface area contributed by atoms with Crippen LogP contribution in [0, 0.1) is 26.6 Å². The van der Waals surface area contributed by atoms with Crippen LogP contribution in [0.3, 0.4) is 0 Å². The third-order valence-electron chi connectivity index (χ3n) is 5.24. The number of benzene rings is 1. The molecule has 1 saturated heterocycles. The van der Waals surface area contributed by atoms with Gasteiger partial charge in [0.1, 0.15) is 11.6 Å². The van der Waals surface area contributed by atoms with E-state index < -0.39 is 0 Å². The third kappa shape index (κ3) is 3.93. The molecule has 1 amide bonds. The van der Waals surface area contributed by atoms with Crippen LogP contribution < -0.4 is 5.32 Å². The van der Waals surface area contributed by atoms with E-state index in [9.17, 15) is 9.18 Å². The minimum atomic E-state index is -0.296. The van der Waals surface area contributed by atoms with Crippen LogP contribution in [0.4, 0.5) is 4.39 Å². The summed E-state index contributed by atoms with van der Waals surface area (Å²) in [6, 6.07) is 9.97. The molecule has 8 heteroatoms. The van der Waals surface area contributed by atoms with E-state index in [2.05, 4.69) is 10.5 Å². The van der Waals surface area contributed by atoms with Gasteiger partial charge in [-0.05, 0) is 44.5 Å². The summed E-state index contributed by atoms with van der Waals surface area (Å²) in [6.07, 6.45) is 0. The zero-order valence-corrected chi connectivity index (χ0v) is 17.4. The molecule has 0 spiro atoms. The summed E-state index contributed by atoms with van der Waals surface area (Å²) in [5.41, 5.74) is 3.14. The predicted octanol–water partition coefficient (Wildman–Crippen LogP) is 3.74. The number of piperazine rings is 1. The highest BCUT2D eigenvalue weighted by Crippen LogP contribution is 2.28. The van der Waals surface area contributed by atoms with Crippen LogP contribution in [0.15, 0.2) is 40.9 Å². The van der Waals surface area contributed by atoms with E-state index in [4.69, 9.17) is 4.52 Å². The minimum Gasteiger partial charge on any atom is -0.360 e. The van der Waals surface area contributed by atoms with Crippen LogP contribution >= 0.6 is 12.4 Å². The molecule has 1 fully saturated rings. The Morgan fingerprint density at radius 2 is 2.03 bits per heavy atom. The van der Waals surface area contributed by atoms with Gasteiger partial charge in [0.2, 0.25) is 0 Å². The molecule has 154 valence electrons. The molecule has 4 rings (SSSR count). The topological polar surface area (TPSA) is 63.3 Å². The molecule has 1 N–H and O–H groups in total. The van der Waals surface area contributed by atoms with Gasteiger partial charge in [-0.15, -0.1) is 12.4 Å². The van der Waals surface area contributed by atoms with Crippen molar-refractivity contribution in [3.63, 3.8) is 0 Å². The van der Waals surface area contributed by atoms with Crippen molar-refractivity contribution in [2.45, 2.75) is 26.8 Å². The van der Waals surface area contributed by atoms with Crippen molar-refractivity contribution in [1.29, 1.82) is 0 Å². The van der Waals surface area contributed by atoms with Gasteiger partial charge in [0.15, 0.2) is 5.82 Å². The first kappa shape index (κ1) is 21.1. The lowest BCUT2D eigenvalue weighted by Crippen LogP contribution is -2.48. The summed E-state index contributed by atoms with van der Waals surface area (Å²) >= 11 is 0. The molecule has 6 nitrogen and oxygen atoms in total. The first-order valence-electron chi connectivity index (χ1n) is 9.35. The Hall–Kier alpha value is -2.64. The fraction of sp³-hybridized carbons (Fsp3) is 0.333. The van der Waals surface area contributed by atoms with Gasteiger partial charge >= 0.3 is 0 Å². The van der Waals surface area contributed by atoms with Gasteiger partial charge in [-0.1, -0.05) is 17.3 Å². The average molecular weight is 419 g/mol. The van der Waals surface area contributed by atoms with Crippen LogP contribution in [0.2, 0.25) is 0 Å². The summed E-state index contributed by atoms with van der Waals surface area (Å²) in [5.74, 6) is 1.02. The Balaban J connectivity index is 0.00000240. The van der Waals surface area contributed by atoms with Crippen molar-refractivity contribution in [1.82, 2.24) is 19.9 Å². The maximum Gasteiger partial charge on any atom is 0.256 e. The molecule has 1 atom stereocenters. The standard InChI is InChI=1S/C21H23FN4O2.ClH/c1-13-9-18(15(3)26(13)20-10-14(2)28-24-20)21(27)25-8-7-23-12-19(25)16-5-4-6-17(22)11-16;/h4-6,9-11,19,23H,7-8,12H2,1-3H3;1H. The van der Waals surface area contributed by atoms with Crippen LogP contribution in [0.5, 0.6) is 0 Å². The quantitative estimate of drug-likeness (QED) is 0.703. The van der Waals surface area contributed by atoms with Gasteiger partial charge in [-0.2, -0.15) is 0 Å². The maximum atomic E-state index is 13.7. The van der Waals surface area contributed by atoms with E-state index in [0.29, 0.717) is 36.8 Å². The number of aromatic nitrogens is 2. The number of nitrogens with one attached hydrogen (secondary N) is 1. The number of nitrogens with zero attached hydrogens (tertiary/aromatic N) is 3. The van der Waals surface area contributed by atoms with E-state index in [1.807, 2.05) is 48.4 Å². The molecule has 2 aromatic heterocycles. The highest BCUT2D eigenvalue weighted by atomic mass is 35.5. The van der Waals surface area contributed by atoms with E-state index in [0.717, 1.165) is 17.0 Å². The molecule has 0 bridgehead atoms. The summed E-state index contributed by atoms with van der Waals surface area (Å²) < 4.78 is 20.9. The van der Waals surface area contributed by atoms with Gasteiger partial charge in [0.25, 0.3) is 5.91 Å². The van der Waals surface area contributed by atoms with Crippen LogP contribution in [-0.4, -0.2) is 40.2 Å². The minimum absolute atomic E-state index is 0. The molecule has 3 aromatic rings. The van der Waals surface area contributed by atoms with E-state index in [1.54, 1.807) is 6.07 Å². The number of aryl methyl sites for hydroxylation is 2. The number of amides is 1. The molecule has 1 aliphatic heterocycles.